The Morgan fingerprint density at radius 2 is 2.11 bits per heavy atom. The summed E-state index contributed by atoms with van der Waals surface area (Å²) >= 11 is 0. The van der Waals surface area contributed by atoms with Crippen molar-refractivity contribution in [3.63, 3.8) is 0 Å². The van der Waals surface area contributed by atoms with Gasteiger partial charge in [0.15, 0.2) is 0 Å². The molecule has 19 heavy (non-hydrogen) atoms. The van der Waals surface area contributed by atoms with Crippen LogP contribution in [0.5, 0.6) is 5.75 Å². The van der Waals surface area contributed by atoms with Crippen molar-refractivity contribution >= 4 is 11.8 Å². The van der Waals surface area contributed by atoms with E-state index in [1.807, 2.05) is 24.3 Å². The largest absolute Gasteiger partial charge is 0.488 e. The zero-order valence-electron chi connectivity index (χ0n) is 10.5. The van der Waals surface area contributed by atoms with Crippen molar-refractivity contribution in [1.29, 1.82) is 0 Å². The second kappa shape index (κ2) is 4.66. The topological polar surface area (TPSA) is 72.6 Å². The van der Waals surface area contributed by atoms with Crippen LogP contribution in [0.25, 0.3) is 0 Å². The van der Waals surface area contributed by atoms with E-state index in [0.717, 1.165) is 17.7 Å². The normalized spacial score (nSPS) is 26.3. The Morgan fingerprint density at radius 1 is 1.32 bits per heavy atom. The molecule has 0 saturated carbocycles. The fourth-order valence-corrected chi connectivity index (χ4v) is 2.61. The molecule has 1 fully saturated rings. The van der Waals surface area contributed by atoms with E-state index in [2.05, 4.69) is 0 Å². The third-order valence-corrected chi connectivity index (χ3v) is 3.65. The van der Waals surface area contributed by atoms with E-state index in [0.29, 0.717) is 19.4 Å². The van der Waals surface area contributed by atoms with E-state index in [1.165, 1.54) is 4.90 Å². The predicted octanol–water partition coefficient (Wildman–Crippen LogP) is 0.466. The first kappa shape index (κ1) is 12.2. The molecule has 5 nitrogen and oxygen atoms in total. The van der Waals surface area contributed by atoms with Crippen LogP contribution in [0, 0.1) is 0 Å². The van der Waals surface area contributed by atoms with Gasteiger partial charge >= 0.3 is 0 Å². The number of amides is 2. The highest BCUT2D eigenvalue weighted by molar-refractivity contribution is 6.00. The zero-order valence-corrected chi connectivity index (χ0v) is 10.5. The molecule has 2 aliphatic heterocycles. The van der Waals surface area contributed by atoms with E-state index in [9.17, 15) is 9.59 Å². The molecule has 0 radical (unpaired) electrons. The molecule has 100 valence electrons. The fourth-order valence-electron chi connectivity index (χ4n) is 2.61. The van der Waals surface area contributed by atoms with Crippen molar-refractivity contribution in [3.05, 3.63) is 29.8 Å². The van der Waals surface area contributed by atoms with E-state index in [4.69, 9.17) is 10.5 Å². The average Bonchev–Trinajstić information content (AvgIpc) is 2.81. The maximum atomic E-state index is 11.9. The number of para-hydroxylation sites is 1. The number of nitrogens with zero attached hydrogens (tertiary/aromatic N) is 1. The molecule has 2 atom stereocenters. The van der Waals surface area contributed by atoms with Crippen molar-refractivity contribution in [3.8, 4) is 5.75 Å². The van der Waals surface area contributed by atoms with E-state index >= 15 is 0 Å². The van der Waals surface area contributed by atoms with Crippen molar-refractivity contribution in [1.82, 2.24) is 4.90 Å². The first-order chi connectivity index (χ1) is 9.15. The molecule has 0 spiro atoms. The van der Waals surface area contributed by atoms with Gasteiger partial charge in [0.2, 0.25) is 11.8 Å². The second-order valence-electron chi connectivity index (χ2n) is 5.04. The number of hydrogen-bond donors (Lipinski definition) is 1. The van der Waals surface area contributed by atoms with Crippen molar-refractivity contribution in [2.24, 2.45) is 5.73 Å². The van der Waals surface area contributed by atoms with Crippen LogP contribution in [-0.2, 0) is 16.0 Å². The molecule has 0 aliphatic carbocycles. The van der Waals surface area contributed by atoms with Gasteiger partial charge in [-0.1, -0.05) is 18.2 Å². The van der Waals surface area contributed by atoms with Gasteiger partial charge < -0.3 is 10.5 Å². The summed E-state index contributed by atoms with van der Waals surface area (Å²) < 4.78 is 5.75. The highest BCUT2D eigenvalue weighted by atomic mass is 16.5. The summed E-state index contributed by atoms with van der Waals surface area (Å²) in [6.07, 6.45) is 1.35. The van der Waals surface area contributed by atoms with Crippen LogP contribution in [0.15, 0.2) is 24.3 Å². The van der Waals surface area contributed by atoms with Crippen molar-refractivity contribution in [2.75, 3.05) is 6.54 Å². The Morgan fingerprint density at radius 3 is 2.89 bits per heavy atom. The molecule has 1 aromatic carbocycles. The van der Waals surface area contributed by atoms with Gasteiger partial charge in [-0.15, -0.1) is 0 Å². The Labute approximate surface area is 111 Å². The first-order valence-corrected chi connectivity index (χ1v) is 6.49. The van der Waals surface area contributed by atoms with Crippen molar-refractivity contribution in [2.45, 2.75) is 31.4 Å². The number of rotatable bonds is 2. The summed E-state index contributed by atoms with van der Waals surface area (Å²) in [6.45, 7) is 0.292. The number of ether oxygens (including phenoxy) is 1. The summed E-state index contributed by atoms with van der Waals surface area (Å²) in [6, 6.07) is 7.22. The Kier molecular flexibility index (Phi) is 2.98. The van der Waals surface area contributed by atoms with Gasteiger partial charge in [-0.2, -0.15) is 0 Å². The van der Waals surface area contributed by atoms with Crippen LogP contribution in [0.3, 0.4) is 0 Å². The fraction of sp³-hybridized carbons (Fsp3) is 0.429. The molecule has 2 heterocycles. The number of hydrogen-bond acceptors (Lipinski definition) is 4. The van der Waals surface area contributed by atoms with Gasteiger partial charge in [-0.05, 0) is 18.1 Å². The standard InChI is InChI=1S/C14H16N2O3/c15-11-5-6-13(17)16(14(11)18)8-10-7-9-3-1-2-4-12(9)19-10/h1-4,10-11H,5-8,15H2. The minimum atomic E-state index is -0.554. The molecule has 2 aliphatic rings. The molecule has 1 aromatic rings. The number of fused-ring (bicyclic) bond motifs is 1. The number of carbonyl (C=O) groups excluding carboxylic acids is 2. The van der Waals surface area contributed by atoms with Gasteiger partial charge in [0.05, 0.1) is 12.6 Å². The Bertz CT molecular complexity index is 504. The molecule has 1 saturated heterocycles. The minimum Gasteiger partial charge on any atom is -0.488 e. The zero-order chi connectivity index (χ0) is 13.4. The molecule has 3 rings (SSSR count). The maximum Gasteiger partial charge on any atom is 0.246 e. The van der Waals surface area contributed by atoms with Crippen LogP contribution in [-0.4, -0.2) is 35.4 Å². The summed E-state index contributed by atoms with van der Waals surface area (Å²) in [5, 5.41) is 0. The third kappa shape index (κ3) is 2.21. The van der Waals surface area contributed by atoms with E-state index in [1.54, 1.807) is 0 Å². The molecule has 0 aromatic heterocycles. The minimum absolute atomic E-state index is 0.147. The molecule has 2 amide bonds. The highest BCUT2D eigenvalue weighted by Gasteiger charge is 2.35. The van der Waals surface area contributed by atoms with Crippen LogP contribution < -0.4 is 10.5 Å². The van der Waals surface area contributed by atoms with Gasteiger partial charge in [-0.3, -0.25) is 14.5 Å². The number of likely N-dealkylation sites (tertiary alicyclic amines) is 1. The molecule has 2 N–H and O–H groups in total. The van der Waals surface area contributed by atoms with Gasteiger partial charge in [0.25, 0.3) is 0 Å². The number of carbonyl (C=O) groups is 2. The van der Waals surface area contributed by atoms with Crippen LogP contribution in [0.2, 0.25) is 0 Å². The lowest BCUT2D eigenvalue weighted by Crippen LogP contribution is -2.53. The first-order valence-electron chi connectivity index (χ1n) is 6.49. The van der Waals surface area contributed by atoms with E-state index in [-0.39, 0.29) is 17.9 Å². The number of piperidine rings is 1. The molecule has 2 unspecified atom stereocenters. The Balaban J connectivity index is 1.70. The lowest BCUT2D eigenvalue weighted by Gasteiger charge is -2.30. The highest BCUT2D eigenvalue weighted by Crippen LogP contribution is 2.29. The SMILES string of the molecule is NC1CCC(=O)N(CC2Cc3ccccc3O2)C1=O. The van der Waals surface area contributed by atoms with Crippen LogP contribution in [0.1, 0.15) is 18.4 Å². The summed E-state index contributed by atoms with van der Waals surface area (Å²) in [4.78, 5) is 25.0. The number of imide groups is 1. The van der Waals surface area contributed by atoms with Gasteiger partial charge in [-0.25, -0.2) is 0 Å². The average molecular weight is 260 g/mol. The maximum absolute atomic E-state index is 11.9. The van der Waals surface area contributed by atoms with Crippen LogP contribution in [0.4, 0.5) is 0 Å². The summed E-state index contributed by atoms with van der Waals surface area (Å²) in [5.41, 5.74) is 6.82. The molecule has 5 heteroatoms. The van der Waals surface area contributed by atoms with E-state index < -0.39 is 6.04 Å². The molecular weight excluding hydrogens is 244 g/mol. The van der Waals surface area contributed by atoms with Crippen LogP contribution >= 0.6 is 0 Å². The smallest absolute Gasteiger partial charge is 0.246 e. The van der Waals surface area contributed by atoms with Crippen molar-refractivity contribution < 1.29 is 14.3 Å². The lowest BCUT2D eigenvalue weighted by molar-refractivity contribution is -0.150. The van der Waals surface area contributed by atoms with Gasteiger partial charge in [0.1, 0.15) is 11.9 Å². The number of benzene rings is 1. The third-order valence-electron chi connectivity index (χ3n) is 3.65. The quantitative estimate of drug-likeness (QED) is 0.784. The summed E-state index contributed by atoms with van der Waals surface area (Å²) in [7, 11) is 0. The predicted molar refractivity (Wildman–Crippen MR) is 68.5 cm³/mol. The monoisotopic (exact) mass is 260 g/mol. The second-order valence-corrected chi connectivity index (χ2v) is 5.04. The Hall–Kier alpha value is -1.88. The lowest BCUT2D eigenvalue weighted by atomic mass is 10.0. The molecular formula is C14H16N2O3. The molecule has 0 bridgehead atoms. The summed E-state index contributed by atoms with van der Waals surface area (Å²) in [5.74, 6) is 0.413. The number of nitrogens with two attached hydrogens (primary N) is 1. The van der Waals surface area contributed by atoms with Gasteiger partial charge in [0, 0.05) is 12.8 Å².